The Kier molecular flexibility index (Phi) is 3.66. The van der Waals surface area contributed by atoms with Crippen LogP contribution >= 0.6 is 15.9 Å². The molecule has 1 heterocycles. The van der Waals surface area contributed by atoms with E-state index in [9.17, 15) is 0 Å². The van der Waals surface area contributed by atoms with Crippen molar-refractivity contribution in [3.63, 3.8) is 0 Å². The molecule has 1 fully saturated rings. The number of benzene rings is 1. The number of hydrogen-bond acceptors (Lipinski definition) is 4. The van der Waals surface area contributed by atoms with Crippen LogP contribution in [0.25, 0.3) is 11.0 Å². The zero-order valence-corrected chi connectivity index (χ0v) is 12.2. The molecule has 0 atom stereocenters. The predicted octanol–water partition coefficient (Wildman–Crippen LogP) is 3.07. The third-order valence-corrected chi connectivity index (χ3v) is 4.12. The average Bonchev–Trinajstić information content (AvgIpc) is 2.41. The Hall–Kier alpha value is -1.20. The van der Waals surface area contributed by atoms with Gasteiger partial charge in [-0.15, -0.1) is 0 Å². The summed E-state index contributed by atoms with van der Waals surface area (Å²) in [6, 6.07) is 6.78. The van der Waals surface area contributed by atoms with E-state index >= 15 is 0 Å². The minimum Gasteiger partial charge on any atom is -0.366 e. The quantitative estimate of drug-likeness (QED) is 0.892. The lowest BCUT2D eigenvalue weighted by atomic mass is 9.92. The molecule has 1 saturated carbocycles. The highest BCUT2D eigenvalue weighted by Gasteiger charge is 2.18. The van der Waals surface area contributed by atoms with Gasteiger partial charge in [-0.25, -0.2) is 4.98 Å². The highest BCUT2D eigenvalue weighted by molar-refractivity contribution is 9.10. The summed E-state index contributed by atoms with van der Waals surface area (Å²) in [5, 5.41) is 3.47. The van der Waals surface area contributed by atoms with Gasteiger partial charge in [0.2, 0.25) is 0 Å². The molecule has 100 valence electrons. The van der Waals surface area contributed by atoms with Crippen molar-refractivity contribution in [2.75, 3.05) is 5.32 Å². The number of nitrogens with two attached hydrogens (primary N) is 1. The third-order valence-electron chi connectivity index (χ3n) is 3.63. The number of halogens is 1. The second kappa shape index (κ2) is 5.43. The molecule has 0 saturated heterocycles. The molecule has 5 heteroatoms. The first-order valence-electron chi connectivity index (χ1n) is 6.65. The van der Waals surface area contributed by atoms with Gasteiger partial charge in [0.05, 0.1) is 17.2 Å². The van der Waals surface area contributed by atoms with E-state index in [4.69, 9.17) is 5.73 Å². The maximum absolute atomic E-state index is 5.92. The second-order valence-corrected chi connectivity index (χ2v) is 6.06. The van der Waals surface area contributed by atoms with E-state index in [2.05, 4.69) is 31.2 Å². The molecule has 1 aliphatic rings. The molecule has 3 rings (SSSR count). The van der Waals surface area contributed by atoms with Gasteiger partial charge in [-0.3, -0.25) is 4.98 Å². The summed E-state index contributed by atoms with van der Waals surface area (Å²) in [5.74, 6) is 0.853. The van der Waals surface area contributed by atoms with Crippen LogP contribution in [0.5, 0.6) is 0 Å². The topological polar surface area (TPSA) is 63.8 Å². The summed E-state index contributed by atoms with van der Waals surface area (Å²) in [5.41, 5.74) is 7.75. The maximum Gasteiger partial charge on any atom is 0.145 e. The molecule has 3 N–H and O–H groups in total. The van der Waals surface area contributed by atoms with Crippen LogP contribution in [0, 0.1) is 0 Å². The van der Waals surface area contributed by atoms with Gasteiger partial charge in [0.15, 0.2) is 0 Å². The molecule has 1 aromatic heterocycles. The Morgan fingerprint density at radius 1 is 1.16 bits per heavy atom. The van der Waals surface area contributed by atoms with Crippen LogP contribution in [0.15, 0.2) is 28.9 Å². The van der Waals surface area contributed by atoms with Crippen molar-refractivity contribution in [2.45, 2.75) is 37.8 Å². The van der Waals surface area contributed by atoms with Gasteiger partial charge in [0.25, 0.3) is 0 Å². The fraction of sp³-hybridized carbons (Fsp3) is 0.429. The van der Waals surface area contributed by atoms with Gasteiger partial charge in [0, 0.05) is 16.6 Å². The Morgan fingerprint density at radius 3 is 2.74 bits per heavy atom. The Labute approximate surface area is 120 Å². The monoisotopic (exact) mass is 320 g/mol. The Bertz CT molecular complexity index is 579. The Balaban J connectivity index is 1.77. The number of nitrogens with zero attached hydrogens (tertiary/aromatic N) is 2. The van der Waals surface area contributed by atoms with Gasteiger partial charge in [0.1, 0.15) is 5.82 Å². The molecular formula is C14H17BrN4. The molecule has 4 nitrogen and oxygen atoms in total. The van der Waals surface area contributed by atoms with Crippen molar-refractivity contribution >= 4 is 32.8 Å². The summed E-state index contributed by atoms with van der Waals surface area (Å²) in [4.78, 5) is 9.05. The molecule has 0 bridgehead atoms. The summed E-state index contributed by atoms with van der Waals surface area (Å²) >= 11 is 3.46. The number of nitrogens with one attached hydrogen (secondary N) is 1. The summed E-state index contributed by atoms with van der Waals surface area (Å²) in [6.07, 6.45) is 6.21. The van der Waals surface area contributed by atoms with Crippen LogP contribution < -0.4 is 11.1 Å². The highest BCUT2D eigenvalue weighted by Crippen LogP contribution is 2.22. The van der Waals surface area contributed by atoms with Gasteiger partial charge in [-0.1, -0.05) is 15.9 Å². The van der Waals surface area contributed by atoms with Crippen LogP contribution in [-0.2, 0) is 0 Å². The lowest BCUT2D eigenvalue weighted by molar-refractivity contribution is 0.410. The first-order chi connectivity index (χ1) is 9.20. The van der Waals surface area contributed by atoms with Crippen LogP contribution in [0.3, 0.4) is 0 Å². The maximum atomic E-state index is 5.92. The van der Waals surface area contributed by atoms with Crippen molar-refractivity contribution in [1.82, 2.24) is 9.97 Å². The van der Waals surface area contributed by atoms with Crippen molar-refractivity contribution in [3.05, 3.63) is 28.9 Å². The second-order valence-electron chi connectivity index (χ2n) is 5.14. The average molecular weight is 321 g/mol. The molecule has 0 radical (unpaired) electrons. The molecule has 0 spiro atoms. The van der Waals surface area contributed by atoms with Crippen LogP contribution in [0.2, 0.25) is 0 Å². The fourth-order valence-corrected chi connectivity index (χ4v) is 2.88. The van der Waals surface area contributed by atoms with Crippen LogP contribution in [0.1, 0.15) is 25.7 Å². The van der Waals surface area contributed by atoms with Gasteiger partial charge < -0.3 is 11.1 Å². The number of fused-ring (bicyclic) bond motifs is 1. The number of hydrogen-bond donors (Lipinski definition) is 2. The molecule has 0 unspecified atom stereocenters. The lowest BCUT2D eigenvalue weighted by Crippen LogP contribution is -2.33. The largest absolute Gasteiger partial charge is 0.366 e. The van der Waals surface area contributed by atoms with E-state index < -0.39 is 0 Å². The molecule has 1 aromatic carbocycles. The smallest absolute Gasteiger partial charge is 0.145 e. The zero-order chi connectivity index (χ0) is 13.2. The first-order valence-corrected chi connectivity index (χ1v) is 7.44. The standard InChI is InChI=1S/C14H17BrN4/c15-9-1-6-12-13(7-9)19-14(8-17-12)18-11-4-2-10(16)3-5-11/h1,6-8,10-11H,2-5,16H2,(H,18,19)/t10-,11+. The van der Waals surface area contributed by atoms with E-state index in [1.165, 1.54) is 0 Å². The summed E-state index contributed by atoms with van der Waals surface area (Å²) in [6.45, 7) is 0. The molecule has 19 heavy (non-hydrogen) atoms. The first kappa shape index (κ1) is 12.8. The number of rotatable bonds is 2. The Morgan fingerprint density at radius 2 is 1.95 bits per heavy atom. The molecule has 0 aliphatic heterocycles. The molecule has 1 aliphatic carbocycles. The third kappa shape index (κ3) is 3.04. The van der Waals surface area contributed by atoms with Gasteiger partial charge >= 0.3 is 0 Å². The van der Waals surface area contributed by atoms with Gasteiger partial charge in [-0.2, -0.15) is 0 Å². The highest BCUT2D eigenvalue weighted by atomic mass is 79.9. The minimum absolute atomic E-state index is 0.372. The van der Waals surface area contributed by atoms with Crippen molar-refractivity contribution < 1.29 is 0 Å². The molecular weight excluding hydrogens is 304 g/mol. The molecule has 0 amide bonds. The zero-order valence-electron chi connectivity index (χ0n) is 10.6. The van der Waals surface area contributed by atoms with E-state index in [0.717, 1.165) is 47.0 Å². The molecule has 2 aromatic rings. The van der Waals surface area contributed by atoms with Crippen LogP contribution in [0.4, 0.5) is 5.82 Å². The normalized spacial score (nSPS) is 23.5. The van der Waals surface area contributed by atoms with E-state index in [1.807, 2.05) is 24.4 Å². The summed E-state index contributed by atoms with van der Waals surface area (Å²) in [7, 11) is 0. The summed E-state index contributed by atoms with van der Waals surface area (Å²) < 4.78 is 1.02. The van der Waals surface area contributed by atoms with Crippen molar-refractivity contribution in [3.8, 4) is 0 Å². The van der Waals surface area contributed by atoms with E-state index in [-0.39, 0.29) is 0 Å². The van der Waals surface area contributed by atoms with Crippen molar-refractivity contribution in [1.29, 1.82) is 0 Å². The van der Waals surface area contributed by atoms with Crippen LogP contribution in [-0.4, -0.2) is 22.1 Å². The van der Waals surface area contributed by atoms with E-state index in [1.54, 1.807) is 0 Å². The number of aromatic nitrogens is 2. The minimum atomic E-state index is 0.372. The number of anilines is 1. The fourth-order valence-electron chi connectivity index (χ4n) is 2.53. The van der Waals surface area contributed by atoms with Gasteiger partial charge in [-0.05, 0) is 43.9 Å². The predicted molar refractivity (Wildman–Crippen MR) is 81.1 cm³/mol. The van der Waals surface area contributed by atoms with Crippen molar-refractivity contribution in [2.24, 2.45) is 5.73 Å². The van der Waals surface area contributed by atoms with E-state index in [0.29, 0.717) is 12.1 Å². The SMILES string of the molecule is N[C@H]1CC[C@@H](Nc2cnc3ccc(Br)cc3n2)CC1. The lowest BCUT2D eigenvalue weighted by Gasteiger charge is -2.27.